The van der Waals surface area contributed by atoms with Gasteiger partial charge in [0.05, 0.1) is 0 Å². The maximum Gasteiger partial charge on any atom is 0.211 e. The second-order valence-corrected chi connectivity index (χ2v) is 4.02. The van der Waals surface area contributed by atoms with E-state index in [4.69, 9.17) is 0 Å². The van der Waals surface area contributed by atoms with E-state index in [9.17, 15) is 0 Å². The van der Waals surface area contributed by atoms with Crippen molar-refractivity contribution < 1.29 is 0 Å². The first-order valence-electron chi connectivity index (χ1n) is 5.54. The predicted molar refractivity (Wildman–Crippen MR) is 61.7 cm³/mol. The van der Waals surface area contributed by atoms with Crippen LogP contribution in [0.2, 0.25) is 5.28 Å². The van der Waals surface area contributed by atoms with Gasteiger partial charge in [-0.05, 0) is 13.1 Å². The highest BCUT2D eigenvalue weighted by molar-refractivity contribution is 6.08. The van der Waals surface area contributed by atoms with Gasteiger partial charge in [0.15, 0.2) is 0 Å². The van der Waals surface area contributed by atoms with Crippen molar-refractivity contribution in [1.82, 2.24) is 5.32 Å². The Hall–Kier alpha value is 0.492. The van der Waals surface area contributed by atoms with E-state index in [-0.39, 0.29) is 0 Å². The van der Waals surface area contributed by atoms with Gasteiger partial charge in [0.25, 0.3) is 0 Å². The Bertz CT molecular complexity index is 51.8. The Labute approximate surface area is 86.7 Å². The summed E-state index contributed by atoms with van der Waals surface area (Å²) in [5, 5.41) is 4.61. The fraction of sp³-hybridized carbons (Fsp3) is 1.00. The molecule has 0 spiro atoms. The van der Waals surface area contributed by atoms with Crippen LogP contribution < -0.4 is 5.32 Å². The Morgan fingerprint density at radius 2 is 1.50 bits per heavy atom. The molecule has 1 N–H and O–H groups in total. The first-order chi connectivity index (χ1) is 5.83. The van der Waals surface area contributed by atoms with Gasteiger partial charge in [-0.2, -0.15) is 0 Å². The monoisotopic (exact) mass is 187 g/mol. The van der Waals surface area contributed by atoms with Crippen LogP contribution >= 0.6 is 0 Å². The van der Waals surface area contributed by atoms with Gasteiger partial charge in [0, 0.05) is 0 Å². The molecule has 0 aliphatic heterocycles. The van der Waals surface area contributed by atoms with Gasteiger partial charge >= 0.3 is 0 Å². The smallest absolute Gasteiger partial charge is 0.211 e. The normalized spacial score (nSPS) is 8.92. The van der Waals surface area contributed by atoms with Gasteiger partial charge < -0.3 is 5.32 Å². The summed E-state index contributed by atoms with van der Waals surface area (Å²) in [6.07, 6.45) is 5.78. The molecule has 0 unspecified atom stereocenters. The van der Waals surface area contributed by atoms with Crippen molar-refractivity contribution in [2.75, 3.05) is 13.1 Å². The Morgan fingerprint density at radius 1 is 0.917 bits per heavy atom. The molecule has 0 aromatic carbocycles. The van der Waals surface area contributed by atoms with Crippen molar-refractivity contribution >= 4 is 16.3 Å². The lowest BCUT2D eigenvalue weighted by Crippen LogP contribution is -2.09. The molecule has 0 fully saturated rings. The fourth-order valence-electron chi connectivity index (χ4n) is 0.927. The predicted octanol–water partition coefficient (Wildman–Crippen LogP) is 2.23. The lowest BCUT2D eigenvalue weighted by Gasteiger charge is -1.90. The first-order valence-corrected chi connectivity index (χ1v) is 6.95. The first kappa shape index (κ1) is 15.0. The maximum absolute atomic E-state index is 3.11. The molecule has 0 amide bonds. The molecule has 0 saturated carbocycles. The molecular weight excluding hydrogens is 161 g/mol. The zero-order valence-electron chi connectivity index (χ0n) is 9.45. The Balaban J connectivity index is 0. The molecule has 0 aromatic heterocycles. The third kappa shape index (κ3) is 22.4. The number of hydrogen-bond acceptors (Lipinski definition) is 1. The Kier molecular flexibility index (Phi) is 21.9. The van der Waals surface area contributed by atoms with Crippen LogP contribution in [-0.2, 0) is 0 Å². The summed E-state index contributed by atoms with van der Waals surface area (Å²) in [5.41, 5.74) is 0. The molecule has 12 heavy (non-hydrogen) atoms. The molecular formula is C10H26AlN. The van der Waals surface area contributed by atoms with Crippen molar-refractivity contribution in [1.29, 1.82) is 0 Å². The molecule has 0 atom stereocenters. The van der Waals surface area contributed by atoms with E-state index in [1.54, 1.807) is 0 Å². The standard InChI is InChI=1S/C6H13.C4H11N.Al.2H/c1-3-5-6-4-2;1-3-5-4-2;;;/h1,3-6H2,2H3;5H,3-4H2,1-2H3;;;. The highest BCUT2D eigenvalue weighted by Crippen LogP contribution is 1.99. The summed E-state index contributed by atoms with van der Waals surface area (Å²) in [5.74, 6) is 0. The molecule has 0 aromatic rings. The summed E-state index contributed by atoms with van der Waals surface area (Å²) in [6.45, 7) is 8.65. The van der Waals surface area contributed by atoms with Crippen LogP contribution in [0, 0.1) is 0 Å². The topological polar surface area (TPSA) is 12.0 Å². The third-order valence-electron chi connectivity index (χ3n) is 1.71. The second kappa shape index (κ2) is 17.5. The molecule has 0 rings (SSSR count). The van der Waals surface area contributed by atoms with Crippen molar-refractivity contribution in [2.45, 2.75) is 51.7 Å². The van der Waals surface area contributed by atoms with Gasteiger partial charge in [0.2, 0.25) is 16.3 Å². The highest BCUT2D eigenvalue weighted by Gasteiger charge is 1.80. The van der Waals surface area contributed by atoms with Crippen LogP contribution in [-0.4, -0.2) is 29.4 Å². The number of unbranched alkanes of at least 4 members (excludes halogenated alkanes) is 3. The second-order valence-electron chi connectivity index (χ2n) is 3.02. The van der Waals surface area contributed by atoms with Crippen LogP contribution in [0.5, 0.6) is 0 Å². The lowest BCUT2D eigenvalue weighted by molar-refractivity contribution is 0.701. The molecule has 0 heterocycles. The zero-order chi connectivity index (χ0) is 9.66. The van der Waals surface area contributed by atoms with Crippen LogP contribution in [0.4, 0.5) is 0 Å². The molecule has 0 aliphatic rings. The van der Waals surface area contributed by atoms with Crippen molar-refractivity contribution in [2.24, 2.45) is 0 Å². The fourth-order valence-corrected chi connectivity index (χ4v) is 1.43. The van der Waals surface area contributed by atoms with Gasteiger partial charge in [-0.25, -0.2) is 0 Å². The minimum absolute atomic E-state index is 1.09. The zero-order valence-corrected chi connectivity index (χ0v) is 11.4. The SMILES string of the molecule is CCCCC[CH2][AlH2].CCNCC. The largest absolute Gasteiger partial charge is 0.317 e. The van der Waals surface area contributed by atoms with Crippen LogP contribution in [0.15, 0.2) is 0 Å². The van der Waals surface area contributed by atoms with E-state index >= 15 is 0 Å². The summed E-state index contributed by atoms with van der Waals surface area (Å²) >= 11 is 1.41. The summed E-state index contributed by atoms with van der Waals surface area (Å²) in [7, 11) is 0. The highest BCUT2D eigenvalue weighted by atomic mass is 27.0. The average Bonchev–Trinajstić information content (AvgIpc) is 2.08. The van der Waals surface area contributed by atoms with Crippen LogP contribution in [0.3, 0.4) is 0 Å². The van der Waals surface area contributed by atoms with Gasteiger partial charge in [-0.1, -0.05) is 46.5 Å². The van der Waals surface area contributed by atoms with E-state index in [0.717, 1.165) is 13.1 Å². The number of hydrogen-bond donors (Lipinski definition) is 1. The molecule has 0 radical (unpaired) electrons. The van der Waals surface area contributed by atoms with E-state index in [1.807, 2.05) is 0 Å². The lowest BCUT2D eigenvalue weighted by atomic mass is 10.2. The Morgan fingerprint density at radius 3 is 1.75 bits per heavy atom. The summed E-state index contributed by atoms with van der Waals surface area (Å²) in [4.78, 5) is 0. The summed E-state index contributed by atoms with van der Waals surface area (Å²) in [6, 6.07) is 0. The van der Waals surface area contributed by atoms with Gasteiger partial charge in [-0.3, -0.25) is 0 Å². The number of nitrogens with one attached hydrogen (secondary N) is 1. The van der Waals surface area contributed by atoms with Crippen LogP contribution in [0.1, 0.15) is 46.5 Å². The van der Waals surface area contributed by atoms with E-state index in [2.05, 4.69) is 26.1 Å². The van der Waals surface area contributed by atoms with Crippen molar-refractivity contribution in [3.8, 4) is 0 Å². The number of rotatable bonds is 6. The molecule has 0 aliphatic carbocycles. The van der Waals surface area contributed by atoms with E-state index in [0.29, 0.717) is 0 Å². The van der Waals surface area contributed by atoms with Crippen molar-refractivity contribution in [3.63, 3.8) is 0 Å². The van der Waals surface area contributed by atoms with Crippen molar-refractivity contribution in [3.05, 3.63) is 0 Å². The minimum Gasteiger partial charge on any atom is -0.317 e. The molecule has 1 nitrogen and oxygen atoms in total. The van der Waals surface area contributed by atoms with Gasteiger partial charge in [-0.15, -0.1) is 5.28 Å². The van der Waals surface area contributed by atoms with Gasteiger partial charge in [0.1, 0.15) is 0 Å². The molecule has 74 valence electrons. The molecule has 2 heteroatoms. The van der Waals surface area contributed by atoms with E-state index in [1.165, 1.54) is 47.3 Å². The third-order valence-corrected chi connectivity index (χ3v) is 2.41. The van der Waals surface area contributed by atoms with E-state index < -0.39 is 0 Å². The van der Waals surface area contributed by atoms with Crippen LogP contribution in [0.25, 0.3) is 0 Å². The molecule has 0 saturated heterocycles. The molecule has 0 bridgehead atoms. The quantitative estimate of drug-likeness (QED) is 0.497. The minimum atomic E-state index is 1.09. The summed E-state index contributed by atoms with van der Waals surface area (Å²) < 4.78 is 0. The maximum atomic E-state index is 3.11. The average molecular weight is 187 g/mol.